The number of rotatable bonds is 9. The summed E-state index contributed by atoms with van der Waals surface area (Å²) in [7, 11) is -3.68. The van der Waals surface area contributed by atoms with Crippen molar-refractivity contribution in [2.24, 2.45) is 5.92 Å². The van der Waals surface area contributed by atoms with Gasteiger partial charge in [-0.3, -0.25) is 9.69 Å². The van der Waals surface area contributed by atoms with Gasteiger partial charge in [0.05, 0.1) is 4.90 Å². The lowest BCUT2D eigenvalue weighted by atomic mass is 9.95. The number of carbonyl (C=O) groups excluding carboxylic acids is 1. The van der Waals surface area contributed by atoms with Gasteiger partial charge >= 0.3 is 0 Å². The smallest absolute Gasteiger partial charge is 0.241 e. The van der Waals surface area contributed by atoms with E-state index < -0.39 is 10.0 Å². The summed E-state index contributed by atoms with van der Waals surface area (Å²) < 4.78 is 28.6. The molecule has 1 aliphatic rings. The van der Waals surface area contributed by atoms with E-state index in [-0.39, 0.29) is 18.9 Å². The van der Waals surface area contributed by atoms with Gasteiger partial charge in [0.2, 0.25) is 15.9 Å². The number of amides is 1. The van der Waals surface area contributed by atoms with E-state index in [4.69, 9.17) is 0 Å². The maximum absolute atomic E-state index is 13.0. The van der Waals surface area contributed by atoms with Crippen LogP contribution in [0.25, 0.3) is 0 Å². The Morgan fingerprint density at radius 3 is 2.39 bits per heavy atom. The standard InChI is InChI=1S/C25H37N3O3S2/c1-17-18(2)20(4)25(21(5)19(17)3)33(30,31)27-11-10-24(29)26-14-22-8-6-12-28(15-22)16-23-9-7-13-32-23/h7,9,13,22,27H,6,8,10-12,14-16H2,1-5H3,(H,26,29). The van der Waals surface area contributed by atoms with E-state index in [0.29, 0.717) is 17.4 Å². The number of carbonyl (C=O) groups is 1. The number of thiophene rings is 1. The summed E-state index contributed by atoms with van der Waals surface area (Å²) in [6.07, 6.45) is 2.38. The zero-order valence-electron chi connectivity index (χ0n) is 20.5. The van der Waals surface area contributed by atoms with Gasteiger partial charge in [-0.15, -0.1) is 11.3 Å². The van der Waals surface area contributed by atoms with Gasteiger partial charge in [0, 0.05) is 37.5 Å². The molecule has 182 valence electrons. The molecule has 33 heavy (non-hydrogen) atoms. The first-order valence-electron chi connectivity index (χ1n) is 11.7. The Morgan fingerprint density at radius 2 is 1.76 bits per heavy atom. The van der Waals surface area contributed by atoms with Crippen LogP contribution in [0.15, 0.2) is 22.4 Å². The molecule has 1 aromatic carbocycles. The van der Waals surface area contributed by atoms with E-state index in [9.17, 15) is 13.2 Å². The van der Waals surface area contributed by atoms with E-state index in [0.717, 1.165) is 60.3 Å². The number of nitrogens with zero attached hydrogens (tertiary/aromatic N) is 1. The molecule has 1 atom stereocenters. The molecule has 1 aliphatic heterocycles. The molecular weight excluding hydrogens is 454 g/mol. The topological polar surface area (TPSA) is 78.5 Å². The summed E-state index contributed by atoms with van der Waals surface area (Å²) in [5, 5.41) is 5.11. The lowest BCUT2D eigenvalue weighted by Crippen LogP contribution is -2.41. The van der Waals surface area contributed by atoms with Gasteiger partial charge in [-0.2, -0.15) is 0 Å². The van der Waals surface area contributed by atoms with Crippen LogP contribution in [-0.2, 0) is 21.4 Å². The summed E-state index contributed by atoms with van der Waals surface area (Å²) in [5.74, 6) is 0.320. The van der Waals surface area contributed by atoms with Crippen molar-refractivity contribution >= 4 is 27.3 Å². The molecule has 0 spiro atoms. The average molecular weight is 492 g/mol. The van der Waals surface area contributed by atoms with Crippen molar-refractivity contribution in [1.29, 1.82) is 0 Å². The second-order valence-electron chi connectivity index (χ2n) is 9.23. The zero-order chi connectivity index (χ0) is 24.2. The summed E-state index contributed by atoms with van der Waals surface area (Å²) in [6, 6.07) is 4.25. The van der Waals surface area contributed by atoms with Crippen LogP contribution in [0.1, 0.15) is 52.0 Å². The van der Waals surface area contributed by atoms with Crippen molar-refractivity contribution in [2.75, 3.05) is 26.2 Å². The van der Waals surface area contributed by atoms with Crippen LogP contribution < -0.4 is 10.0 Å². The van der Waals surface area contributed by atoms with Crippen LogP contribution in [0.3, 0.4) is 0 Å². The molecular formula is C25H37N3O3S2. The van der Waals surface area contributed by atoms with E-state index >= 15 is 0 Å². The molecule has 2 heterocycles. The van der Waals surface area contributed by atoms with Gasteiger partial charge in [-0.25, -0.2) is 13.1 Å². The minimum absolute atomic E-state index is 0.0915. The highest BCUT2D eigenvalue weighted by molar-refractivity contribution is 7.89. The maximum atomic E-state index is 13.0. The Kier molecular flexibility index (Phi) is 8.72. The number of nitrogens with one attached hydrogen (secondary N) is 2. The Bertz CT molecular complexity index is 1050. The SMILES string of the molecule is Cc1c(C)c(C)c(S(=O)(=O)NCCC(=O)NCC2CCCN(Cc3cccs3)C2)c(C)c1C. The summed E-state index contributed by atoms with van der Waals surface area (Å²) in [4.78, 5) is 16.5. The predicted octanol–water partition coefficient (Wildman–Crippen LogP) is 3.99. The number of hydrogen-bond donors (Lipinski definition) is 2. The number of hydrogen-bond acceptors (Lipinski definition) is 5. The monoisotopic (exact) mass is 491 g/mol. The van der Waals surface area contributed by atoms with Crippen molar-refractivity contribution < 1.29 is 13.2 Å². The third-order valence-electron chi connectivity index (χ3n) is 6.99. The normalized spacial score (nSPS) is 17.3. The Labute approximate surface area is 202 Å². The van der Waals surface area contributed by atoms with Crippen molar-refractivity contribution in [1.82, 2.24) is 14.9 Å². The molecule has 1 fully saturated rings. The van der Waals surface area contributed by atoms with Gasteiger partial charge < -0.3 is 5.32 Å². The van der Waals surface area contributed by atoms with Gasteiger partial charge in [-0.1, -0.05) is 6.07 Å². The Morgan fingerprint density at radius 1 is 1.09 bits per heavy atom. The predicted molar refractivity (Wildman–Crippen MR) is 135 cm³/mol. The zero-order valence-corrected chi connectivity index (χ0v) is 22.1. The molecule has 1 unspecified atom stereocenters. The van der Waals surface area contributed by atoms with Gasteiger partial charge in [-0.05, 0) is 99.2 Å². The van der Waals surface area contributed by atoms with Crippen LogP contribution in [0, 0.1) is 40.5 Å². The lowest BCUT2D eigenvalue weighted by Gasteiger charge is -2.32. The highest BCUT2D eigenvalue weighted by atomic mass is 32.2. The molecule has 0 aliphatic carbocycles. The first kappa shape index (κ1) is 25.9. The molecule has 3 rings (SSSR count). The van der Waals surface area contributed by atoms with Crippen molar-refractivity contribution in [3.63, 3.8) is 0 Å². The molecule has 1 aromatic heterocycles. The highest BCUT2D eigenvalue weighted by Gasteiger charge is 2.24. The largest absolute Gasteiger partial charge is 0.356 e. The fraction of sp³-hybridized carbons (Fsp3) is 0.560. The lowest BCUT2D eigenvalue weighted by molar-refractivity contribution is -0.121. The van der Waals surface area contributed by atoms with E-state index in [1.165, 1.54) is 4.88 Å². The Balaban J connectivity index is 1.47. The van der Waals surface area contributed by atoms with Gasteiger partial charge in [0.15, 0.2) is 0 Å². The van der Waals surface area contributed by atoms with Crippen LogP contribution in [0.2, 0.25) is 0 Å². The minimum atomic E-state index is -3.68. The second kappa shape index (κ2) is 11.1. The number of piperidine rings is 1. The van der Waals surface area contributed by atoms with Crippen molar-refractivity contribution in [3.8, 4) is 0 Å². The molecule has 0 bridgehead atoms. The first-order valence-corrected chi connectivity index (χ1v) is 14.0. The quantitative estimate of drug-likeness (QED) is 0.556. The van der Waals surface area contributed by atoms with Gasteiger partial charge in [0.25, 0.3) is 0 Å². The van der Waals surface area contributed by atoms with Crippen LogP contribution in [0.5, 0.6) is 0 Å². The summed E-state index contributed by atoms with van der Waals surface area (Å²) in [5.41, 5.74) is 4.67. The molecule has 8 heteroatoms. The summed E-state index contributed by atoms with van der Waals surface area (Å²) >= 11 is 1.78. The van der Waals surface area contributed by atoms with E-state index in [2.05, 4.69) is 32.5 Å². The molecule has 1 amide bonds. The average Bonchev–Trinajstić information content (AvgIpc) is 3.28. The second-order valence-corrected chi connectivity index (χ2v) is 12.0. The van der Waals surface area contributed by atoms with Crippen molar-refractivity contribution in [3.05, 3.63) is 50.2 Å². The fourth-order valence-corrected chi connectivity index (χ4v) is 7.04. The molecule has 0 radical (unpaired) electrons. The number of likely N-dealkylation sites (tertiary alicyclic amines) is 1. The number of benzene rings is 1. The van der Waals surface area contributed by atoms with Crippen molar-refractivity contribution in [2.45, 2.75) is 65.3 Å². The van der Waals surface area contributed by atoms with Crippen LogP contribution in [0.4, 0.5) is 0 Å². The minimum Gasteiger partial charge on any atom is -0.356 e. The van der Waals surface area contributed by atoms with Crippen LogP contribution >= 0.6 is 11.3 Å². The maximum Gasteiger partial charge on any atom is 0.241 e. The molecule has 6 nitrogen and oxygen atoms in total. The fourth-order valence-electron chi connectivity index (χ4n) is 4.67. The van der Waals surface area contributed by atoms with Gasteiger partial charge in [0.1, 0.15) is 0 Å². The molecule has 2 aromatic rings. The van der Waals surface area contributed by atoms with E-state index in [1.54, 1.807) is 11.3 Å². The summed E-state index contributed by atoms with van der Waals surface area (Å²) in [6.45, 7) is 13.4. The molecule has 0 saturated carbocycles. The third kappa shape index (κ3) is 6.44. The molecule has 2 N–H and O–H groups in total. The number of sulfonamides is 1. The Hall–Kier alpha value is -1.74. The molecule has 1 saturated heterocycles. The third-order valence-corrected chi connectivity index (χ3v) is 9.59. The van der Waals surface area contributed by atoms with E-state index in [1.807, 2.05) is 34.6 Å². The van der Waals surface area contributed by atoms with Crippen LogP contribution in [-0.4, -0.2) is 45.4 Å². The first-order chi connectivity index (χ1) is 15.6. The highest BCUT2D eigenvalue weighted by Crippen LogP contribution is 2.29.